The van der Waals surface area contributed by atoms with Crippen molar-refractivity contribution in [1.82, 2.24) is 19.4 Å². The normalized spacial score (nSPS) is 10.5. The number of thioether (sulfide) groups is 2. The number of imidazole rings is 1. The van der Waals surface area contributed by atoms with Crippen LogP contribution in [0.1, 0.15) is 5.69 Å². The van der Waals surface area contributed by atoms with Crippen molar-refractivity contribution in [3.63, 3.8) is 0 Å². The quantitative estimate of drug-likeness (QED) is 0.736. The fourth-order valence-corrected chi connectivity index (χ4v) is 2.04. The van der Waals surface area contributed by atoms with Crippen LogP contribution >= 0.6 is 23.5 Å². The van der Waals surface area contributed by atoms with E-state index in [0.29, 0.717) is 16.6 Å². The summed E-state index contributed by atoms with van der Waals surface area (Å²) in [6, 6.07) is 1.99. The maximum Gasteiger partial charge on any atom is 0.239 e. The largest absolute Gasteiger partial charge is 0.261 e. The van der Waals surface area contributed by atoms with Crippen molar-refractivity contribution in [2.24, 2.45) is 0 Å². The summed E-state index contributed by atoms with van der Waals surface area (Å²) < 4.78 is 1.73. The van der Waals surface area contributed by atoms with E-state index in [1.165, 1.54) is 23.5 Å². The average molecular weight is 237 g/mol. The molecule has 0 aromatic carbocycles. The Kier molecular flexibility index (Phi) is 2.79. The van der Waals surface area contributed by atoms with Gasteiger partial charge in [-0.25, -0.2) is 0 Å². The zero-order valence-electron chi connectivity index (χ0n) is 8.13. The van der Waals surface area contributed by atoms with Crippen LogP contribution in [0.4, 0.5) is 0 Å². The van der Waals surface area contributed by atoms with Crippen LogP contribution in [0.3, 0.4) is 0 Å². The van der Waals surface area contributed by atoms with E-state index in [2.05, 4.69) is 15.0 Å². The maximum absolute atomic E-state index is 8.74. The van der Waals surface area contributed by atoms with E-state index < -0.39 is 0 Å². The van der Waals surface area contributed by atoms with Crippen LogP contribution in [0, 0.1) is 11.3 Å². The Bertz CT molecular complexity index is 542. The smallest absolute Gasteiger partial charge is 0.239 e. The number of aromatic nitrogens is 4. The molecule has 0 saturated heterocycles. The number of hydrogen-bond acceptors (Lipinski definition) is 6. The minimum absolute atomic E-state index is 0.359. The molecule has 0 radical (unpaired) electrons. The Balaban J connectivity index is 2.73. The van der Waals surface area contributed by atoms with Gasteiger partial charge in [-0.05, 0) is 12.5 Å². The van der Waals surface area contributed by atoms with Crippen LogP contribution < -0.4 is 0 Å². The van der Waals surface area contributed by atoms with Gasteiger partial charge in [-0.2, -0.15) is 20.2 Å². The maximum atomic E-state index is 8.74. The summed E-state index contributed by atoms with van der Waals surface area (Å²) in [5.74, 6) is 0.523. The van der Waals surface area contributed by atoms with Crippen LogP contribution in [-0.2, 0) is 0 Å². The molecule has 2 aromatic rings. The standard InChI is InChI=1S/C8H7N5S2/c1-14-7-11-6-10-5(3-9)4-13(6)8(12-7)15-2/h4H,1-2H3. The molecule has 2 heterocycles. The van der Waals surface area contributed by atoms with Gasteiger partial charge in [0.25, 0.3) is 0 Å². The first-order chi connectivity index (χ1) is 7.28. The molecule has 2 aromatic heterocycles. The van der Waals surface area contributed by atoms with E-state index in [9.17, 15) is 0 Å². The zero-order valence-corrected chi connectivity index (χ0v) is 9.76. The van der Waals surface area contributed by atoms with Gasteiger partial charge in [-0.15, -0.1) is 0 Å². The van der Waals surface area contributed by atoms with Gasteiger partial charge in [0.05, 0.1) is 6.20 Å². The lowest BCUT2D eigenvalue weighted by atomic mass is 10.5. The van der Waals surface area contributed by atoms with Gasteiger partial charge < -0.3 is 0 Å². The van der Waals surface area contributed by atoms with E-state index in [1.807, 2.05) is 18.6 Å². The monoisotopic (exact) mass is 237 g/mol. The van der Waals surface area contributed by atoms with Crippen LogP contribution in [-0.4, -0.2) is 31.9 Å². The Morgan fingerprint density at radius 3 is 2.67 bits per heavy atom. The predicted molar refractivity (Wildman–Crippen MR) is 59.1 cm³/mol. The third-order valence-electron chi connectivity index (χ3n) is 1.76. The van der Waals surface area contributed by atoms with Crippen molar-refractivity contribution < 1.29 is 0 Å². The molecule has 0 fully saturated rings. The number of nitriles is 1. The molecule has 0 bridgehead atoms. The molecule has 15 heavy (non-hydrogen) atoms. The van der Waals surface area contributed by atoms with Crippen molar-refractivity contribution in [3.8, 4) is 6.07 Å². The highest BCUT2D eigenvalue weighted by molar-refractivity contribution is 7.99. The second-order valence-corrected chi connectivity index (χ2v) is 4.15. The van der Waals surface area contributed by atoms with Crippen LogP contribution in [0.25, 0.3) is 5.78 Å². The third kappa shape index (κ3) is 1.78. The summed E-state index contributed by atoms with van der Waals surface area (Å²) >= 11 is 2.96. The van der Waals surface area contributed by atoms with E-state index in [4.69, 9.17) is 5.26 Å². The highest BCUT2D eigenvalue weighted by atomic mass is 32.2. The van der Waals surface area contributed by atoms with Gasteiger partial charge >= 0.3 is 0 Å². The molecule has 7 heteroatoms. The highest BCUT2D eigenvalue weighted by Crippen LogP contribution is 2.18. The van der Waals surface area contributed by atoms with E-state index in [1.54, 1.807) is 10.6 Å². The van der Waals surface area contributed by atoms with Crippen LogP contribution in [0.5, 0.6) is 0 Å². The molecule has 0 aliphatic carbocycles. The number of fused-ring (bicyclic) bond motifs is 1. The van der Waals surface area contributed by atoms with Crippen LogP contribution in [0.15, 0.2) is 16.5 Å². The summed E-state index contributed by atoms with van der Waals surface area (Å²) in [5, 5.41) is 10.2. The summed E-state index contributed by atoms with van der Waals surface area (Å²) in [7, 11) is 0. The first-order valence-electron chi connectivity index (χ1n) is 4.03. The molecular formula is C8H7N5S2. The van der Waals surface area contributed by atoms with E-state index in [-0.39, 0.29) is 0 Å². The highest BCUT2D eigenvalue weighted by Gasteiger charge is 2.09. The topological polar surface area (TPSA) is 66.9 Å². The van der Waals surface area contributed by atoms with E-state index >= 15 is 0 Å². The lowest BCUT2D eigenvalue weighted by molar-refractivity contribution is 0.783. The summed E-state index contributed by atoms with van der Waals surface area (Å²) in [5.41, 5.74) is 0.359. The molecular weight excluding hydrogens is 230 g/mol. The molecule has 76 valence electrons. The molecule has 0 amide bonds. The molecule has 0 N–H and O–H groups in total. The van der Waals surface area contributed by atoms with Gasteiger partial charge in [0, 0.05) is 0 Å². The predicted octanol–water partition coefficient (Wildman–Crippen LogP) is 1.44. The van der Waals surface area contributed by atoms with Gasteiger partial charge in [-0.3, -0.25) is 4.40 Å². The van der Waals surface area contributed by atoms with Crippen molar-refractivity contribution in [3.05, 3.63) is 11.9 Å². The van der Waals surface area contributed by atoms with Gasteiger partial charge in [0.15, 0.2) is 16.0 Å². The molecule has 0 unspecified atom stereocenters. The van der Waals surface area contributed by atoms with Gasteiger partial charge in [-0.1, -0.05) is 23.5 Å². The van der Waals surface area contributed by atoms with Crippen LogP contribution in [0.2, 0.25) is 0 Å². The molecule has 0 atom stereocenters. The van der Waals surface area contributed by atoms with Crippen molar-refractivity contribution in [2.45, 2.75) is 10.3 Å². The van der Waals surface area contributed by atoms with Crippen molar-refractivity contribution in [2.75, 3.05) is 12.5 Å². The molecule has 0 spiro atoms. The fourth-order valence-electron chi connectivity index (χ4n) is 1.13. The first-order valence-corrected chi connectivity index (χ1v) is 6.48. The van der Waals surface area contributed by atoms with Gasteiger partial charge in [0.2, 0.25) is 5.78 Å². The Morgan fingerprint density at radius 1 is 1.27 bits per heavy atom. The number of rotatable bonds is 2. The molecule has 0 aliphatic heterocycles. The lowest BCUT2D eigenvalue weighted by Gasteiger charge is -2.01. The Morgan fingerprint density at radius 2 is 2.07 bits per heavy atom. The molecule has 0 aliphatic rings. The Hall–Kier alpha value is -1.26. The average Bonchev–Trinajstić information content (AvgIpc) is 2.70. The molecule has 5 nitrogen and oxygen atoms in total. The minimum atomic E-state index is 0.359. The van der Waals surface area contributed by atoms with Gasteiger partial charge in [0.1, 0.15) is 6.07 Å². The minimum Gasteiger partial charge on any atom is -0.261 e. The SMILES string of the molecule is CSc1nc(SC)n2cc(C#N)nc2n1. The summed E-state index contributed by atoms with van der Waals surface area (Å²) in [6.07, 6.45) is 5.48. The van der Waals surface area contributed by atoms with Crippen molar-refractivity contribution in [1.29, 1.82) is 5.26 Å². The lowest BCUT2D eigenvalue weighted by Crippen LogP contribution is -1.98. The first kappa shape index (κ1) is 10.3. The second-order valence-electron chi connectivity index (χ2n) is 2.60. The third-order valence-corrected chi connectivity index (χ3v) is 2.96. The number of nitrogens with zero attached hydrogens (tertiary/aromatic N) is 5. The van der Waals surface area contributed by atoms with E-state index in [0.717, 1.165) is 5.16 Å². The molecule has 0 saturated carbocycles. The number of hydrogen-bond donors (Lipinski definition) is 0. The molecule has 2 rings (SSSR count). The second kappa shape index (κ2) is 4.08. The summed E-state index contributed by atoms with van der Waals surface area (Å²) in [4.78, 5) is 12.6. The Labute approximate surface area is 94.9 Å². The zero-order chi connectivity index (χ0) is 10.8. The fraction of sp³-hybridized carbons (Fsp3) is 0.250. The summed E-state index contributed by atoms with van der Waals surface area (Å²) in [6.45, 7) is 0. The van der Waals surface area contributed by atoms with Crippen molar-refractivity contribution >= 4 is 29.3 Å².